The lowest BCUT2D eigenvalue weighted by molar-refractivity contribution is -0.215. The van der Waals surface area contributed by atoms with Gasteiger partial charge >= 0.3 is 20.2 Å². The monoisotopic (exact) mass is 1530 g/mol. The molecule has 6 saturated heterocycles. The lowest BCUT2D eigenvalue weighted by Gasteiger charge is -2.40. The molecule has 0 aliphatic carbocycles. The lowest BCUT2D eigenvalue weighted by atomic mass is 10.1. The molecule has 49 heteroatoms. The minimum atomic E-state index is -4.31. The Morgan fingerprint density at radius 2 is 0.905 bits per heavy atom. The SMILES string of the molecule is CC(C)(C)[Si](C)(C)O[C@H]1[C@H]2OP(=O)(S)OC[C@H]3O[C@@H](n4cnc5c(N)ncnc54)[C@H](Cl)[C@@H]3OP(O)(=S)OC[C@H]1O[C@H]2n1cnc2c(N)ncnc21.Nc1ncnc2c1ncn2[C@@H]1O[C@@H]2COP(O)(=S)O[C@@H]3[C@H](O)[C@@H](COP([O-])(=S)O[C@H]2[C@H]1Cl)O[C@H]3n1cnc2c(N)ncnc21. The summed E-state index contributed by atoms with van der Waals surface area (Å²) < 4.78 is 98.7. The molecule has 8 aromatic heterocycles. The summed E-state index contributed by atoms with van der Waals surface area (Å²) >= 11 is 34.0. The maximum Gasteiger partial charge on any atom is 0.386 e. The first kappa shape index (κ1) is 69.5. The number of rotatable bonds is 6. The number of thiol groups is 1. The summed E-state index contributed by atoms with van der Waals surface area (Å²) in [5, 5.41) is 8.84. The number of imidazole rings is 4. The molecule has 20 atom stereocenters. The molecule has 4 bridgehead atoms. The molecule has 514 valence electrons. The van der Waals surface area contributed by atoms with Crippen LogP contribution in [-0.4, -0.2) is 200 Å². The molecule has 38 nitrogen and oxygen atoms in total. The van der Waals surface area contributed by atoms with Gasteiger partial charge in [-0.25, -0.2) is 64.4 Å². The molecule has 8 aromatic rings. The minimum absolute atomic E-state index is 0.105. The van der Waals surface area contributed by atoms with Crippen molar-refractivity contribution in [1.29, 1.82) is 0 Å². The van der Waals surface area contributed by atoms with Gasteiger partial charge in [0, 0.05) is 0 Å². The molecule has 14 heterocycles. The maximum absolute atomic E-state index is 14.2. The Bertz CT molecular complexity index is 4440. The summed E-state index contributed by atoms with van der Waals surface area (Å²) in [6, 6.07) is 0. The van der Waals surface area contributed by atoms with Gasteiger partial charge in [0.15, 0.2) is 79.1 Å². The molecule has 11 N–H and O–H groups in total. The summed E-state index contributed by atoms with van der Waals surface area (Å²) in [7, 11) is -2.59. The van der Waals surface area contributed by atoms with Crippen molar-refractivity contribution in [2.24, 2.45) is 0 Å². The molecule has 4 unspecified atom stereocenters. The van der Waals surface area contributed by atoms with Gasteiger partial charge in [0.1, 0.15) is 126 Å². The fourth-order valence-electron chi connectivity index (χ4n) is 11.0. The first-order valence-corrected chi connectivity index (χ1v) is 42.6. The minimum Gasteiger partial charge on any atom is -0.780 e. The third-order valence-electron chi connectivity index (χ3n) is 16.6. The highest BCUT2D eigenvalue weighted by atomic mass is 35.5. The predicted molar refractivity (Wildman–Crippen MR) is 349 cm³/mol. The van der Waals surface area contributed by atoms with Crippen molar-refractivity contribution in [2.75, 3.05) is 49.4 Å². The van der Waals surface area contributed by atoms with E-state index in [4.69, 9.17) is 141 Å². The van der Waals surface area contributed by atoms with Gasteiger partial charge in [-0.1, -0.05) is 44.8 Å². The number of aromatic nitrogens is 16. The van der Waals surface area contributed by atoms with Crippen LogP contribution in [0.1, 0.15) is 45.7 Å². The van der Waals surface area contributed by atoms with Crippen molar-refractivity contribution in [3.63, 3.8) is 0 Å². The van der Waals surface area contributed by atoms with Gasteiger partial charge in [0.25, 0.3) is 0 Å². The summed E-state index contributed by atoms with van der Waals surface area (Å²) in [6.07, 6.45) is -5.05. The summed E-state index contributed by atoms with van der Waals surface area (Å²) in [5.41, 5.74) is 26.3. The van der Waals surface area contributed by atoms with Crippen LogP contribution >= 0.6 is 62.4 Å². The largest absolute Gasteiger partial charge is 0.780 e. The van der Waals surface area contributed by atoms with E-state index in [0.717, 1.165) is 0 Å². The van der Waals surface area contributed by atoms with Crippen molar-refractivity contribution >= 4 is 174 Å². The number of nitrogen functional groups attached to an aromatic ring is 4. The molecule has 6 fully saturated rings. The summed E-state index contributed by atoms with van der Waals surface area (Å²) in [6.45, 7) is -8.22. The van der Waals surface area contributed by atoms with Crippen molar-refractivity contribution in [3.8, 4) is 0 Å². The number of hydrogen-bond donors (Lipinski definition) is 8. The van der Waals surface area contributed by atoms with Gasteiger partial charge in [0.05, 0.1) is 51.7 Å². The molecule has 0 amide bonds. The standard InChI is InChI=1S/C26H37ClN10O9P2S2Si.C20H23ClN10O9P2S2/c1-26(2,3)51(4,5)46-18-13-7-41-47(38,49)44-17-12(42-24(14(17)27)36-10-34-15-20(28)30-8-32-22(15)36)6-40-48(39,50)45-19(18)25(43-13)37-11-35-16-21(29)31-9-33-23(16)37;21-9-13-8(38-19(9)30-5-28-10-15(22)24-3-26-17(10)30)2-36-42(34,44)40-14-12(32)7(1-35-41(33,43)39-13)37-20(14)31-6-29-11-16(23)25-4-27-18(11)31/h8-14,17-19,24-25H,6-7H2,1-5H3,(H,38,49)(H,39,50)(H2,28,30,32)(H2,29,31,33);3-9,12-14,19-20,32H,1-2H2,(H,33,43)(H,34,44)(H2,22,24,26)(H2,23,25,27)/p-1/t12-,13-,14-,17-,18-,19-,24-,25-,47?,48?;7-,8-,9-,12-,13-,14-,19-,20-,41?,42?/m11/s1. The first-order valence-electron chi connectivity index (χ1n) is 28.4. The predicted octanol–water partition coefficient (Wildman–Crippen LogP) is 2.91. The van der Waals surface area contributed by atoms with Crippen LogP contribution in [0.5, 0.6) is 0 Å². The zero-order valence-corrected chi connectivity index (χ0v) is 59.3. The van der Waals surface area contributed by atoms with E-state index in [0.29, 0.717) is 33.5 Å². The van der Waals surface area contributed by atoms with Crippen LogP contribution in [0, 0.1) is 0 Å². The van der Waals surface area contributed by atoms with Gasteiger partial charge < -0.3 is 88.7 Å². The van der Waals surface area contributed by atoms with Crippen molar-refractivity contribution in [1.82, 2.24) is 78.1 Å². The third-order valence-corrected chi connectivity index (χ3v) is 28.3. The number of fused-ring (bicyclic) bond motifs is 10. The van der Waals surface area contributed by atoms with Crippen LogP contribution in [0.4, 0.5) is 23.3 Å². The highest BCUT2D eigenvalue weighted by molar-refractivity contribution is 8.44. The van der Waals surface area contributed by atoms with E-state index < -0.39 is 152 Å². The molecule has 6 aliphatic rings. The number of alkyl halides is 2. The number of aliphatic hydroxyl groups excluding tert-OH is 1. The normalized spacial score (nSPS) is 36.7. The molecular weight excluding hydrogens is 1470 g/mol. The number of aliphatic hydroxyl groups is 1. The van der Waals surface area contributed by atoms with E-state index in [1.54, 1.807) is 4.57 Å². The Morgan fingerprint density at radius 3 is 1.35 bits per heavy atom. The van der Waals surface area contributed by atoms with E-state index in [1.807, 2.05) is 13.1 Å². The molecule has 95 heavy (non-hydrogen) atoms. The third kappa shape index (κ3) is 13.7. The van der Waals surface area contributed by atoms with Crippen LogP contribution < -0.4 is 27.8 Å². The number of anilines is 4. The summed E-state index contributed by atoms with van der Waals surface area (Å²) in [4.78, 5) is 85.9. The smallest absolute Gasteiger partial charge is 0.386 e. The number of hydrogen-bond acceptors (Lipinski definition) is 35. The van der Waals surface area contributed by atoms with Crippen LogP contribution in [0.2, 0.25) is 18.1 Å². The average Bonchev–Trinajstić information content (AvgIpc) is 1.62. The van der Waals surface area contributed by atoms with E-state index in [-0.39, 0.29) is 46.1 Å². The highest BCUT2D eigenvalue weighted by Gasteiger charge is 2.57. The fraction of sp³-hybridized carbons (Fsp3) is 0.565. The molecule has 0 radical (unpaired) electrons. The quantitative estimate of drug-likeness (QED) is 0.0513. The molecule has 0 aromatic carbocycles. The molecule has 6 aliphatic heterocycles. The van der Waals surface area contributed by atoms with Crippen LogP contribution in [-0.2, 0) is 99.5 Å². The summed E-state index contributed by atoms with van der Waals surface area (Å²) in [5.74, 6) is 0.544. The molecule has 0 spiro atoms. The zero-order chi connectivity index (χ0) is 67.6. The van der Waals surface area contributed by atoms with E-state index in [9.17, 15) is 24.4 Å². The average molecular weight is 1530 g/mol. The number of ether oxygens (including phenoxy) is 4. The van der Waals surface area contributed by atoms with E-state index in [2.05, 4.69) is 92.8 Å². The number of nitrogens with two attached hydrogens (primary N) is 4. The maximum atomic E-state index is 14.2. The van der Waals surface area contributed by atoms with E-state index in [1.165, 1.54) is 64.3 Å². The highest BCUT2D eigenvalue weighted by Crippen LogP contribution is 2.60. The second-order valence-corrected chi connectivity index (χ2v) is 40.6. The van der Waals surface area contributed by atoms with Crippen molar-refractivity contribution < 1.29 is 83.9 Å². The van der Waals surface area contributed by atoms with Crippen LogP contribution in [0.25, 0.3) is 44.7 Å². The molecule has 14 rings (SSSR count). The number of nitrogens with zero attached hydrogens (tertiary/aromatic N) is 16. The van der Waals surface area contributed by atoms with Gasteiger partial charge in [0.2, 0.25) is 0 Å². The van der Waals surface area contributed by atoms with Crippen LogP contribution in [0.3, 0.4) is 0 Å². The first-order chi connectivity index (χ1) is 44.8. The second-order valence-electron chi connectivity index (χ2n) is 23.6. The van der Waals surface area contributed by atoms with Gasteiger partial charge in [-0.15, -0.1) is 23.2 Å². The molecular formula is C46H59Cl2N20O18P4S4Si-. The Hall–Kier alpha value is -3.95. The van der Waals surface area contributed by atoms with Crippen molar-refractivity contribution in [2.45, 2.75) is 136 Å². The fourth-order valence-corrected chi connectivity index (χ4v) is 19.0. The Morgan fingerprint density at radius 1 is 0.547 bits per heavy atom. The zero-order valence-electron chi connectivity index (χ0n) is 49.8. The van der Waals surface area contributed by atoms with Crippen molar-refractivity contribution in [3.05, 3.63) is 50.6 Å². The lowest BCUT2D eigenvalue weighted by Crippen LogP contribution is -2.50. The topological polar surface area (TPSA) is 499 Å². The van der Waals surface area contributed by atoms with Gasteiger partial charge in [-0.05, 0) is 41.7 Å². The van der Waals surface area contributed by atoms with E-state index >= 15 is 0 Å². The van der Waals surface area contributed by atoms with Crippen LogP contribution in [0.15, 0.2) is 50.6 Å². The van der Waals surface area contributed by atoms with Gasteiger partial charge in [-0.2, -0.15) is 0 Å². The Balaban J connectivity index is 0.000000174. The Kier molecular flexibility index (Phi) is 19.2. The van der Waals surface area contributed by atoms with Gasteiger partial charge in [-0.3, -0.25) is 31.8 Å². The molecule has 0 saturated carbocycles. The Labute approximate surface area is 568 Å². The second kappa shape index (κ2) is 26.2. The number of halogens is 2.